The van der Waals surface area contributed by atoms with Gasteiger partial charge in [0.05, 0.1) is 17.5 Å². The number of rotatable bonds is 5. The first-order chi connectivity index (χ1) is 12.6. The molecule has 5 heteroatoms. The summed E-state index contributed by atoms with van der Waals surface area (Å²) in [4.78, 5) is 36.9. The van der Waals surface area contributed by atoms with Gasteiger partial charge in [-0.1, -0.05) is 55.3 Å². The lowest BCUT2D eigenvalue weighted by molar-refractivity contribution is -0.147. The van der Waals surface area contributed by atoms with Crippen molar-refractivity contribution in [3.8, 4) is 0 Å². The summed E-state index contributed by atoms with van der Waals surface area (Å²) >= 11 is 0. The Labute approximate surface area is 152 Å². The molecule has 1 aliphatic carbocycles. The number of ketones is 1. The Kier molecular flexibility index (Phi) is 5.46. The molecule has 1 aliphatic rings. The molecule has 0 bridgehead atoms. The predicted molar refractivity (Wildman–Crippen MR) is 98.0 cm³/mol. The van der Waals surface area contributed by atoms with Crippen molar-refractivity contribution in [3.63, 3.8) is 0 Å². The number of aliphatic carboxylic acids is 1. The lowest BCUT2D eigenvalue weighted by Gasteiger charge is -2.27. The fourth-order valence-electron chi connectivity index (χ4n) is 3.50. The van der Waals surface area contributed by atoms with Crippen molar-refractivity contribution in [2.45, 2.75) is 25.7 Å². The maximum atomic E-state index is 12.8. The summed E-state index contributed by atoms with van der Waals surface area (Å²) in [5.74, 6) is -2.68. The number of carboxylic acid groups (broad SMARTS) is 1. The predicted octanol–water partition coefficient (Wildman–Crippen LogP) is 3.75. The first kappa shape index (κ1) is 17.9. The van der Waals surface area contributed by atoms with Gasteiger partial charge in [-0.05, 0) is 25.0 Å². The summed E-state index contributed by atoms with van der Waals surface area (Å²) in [5.41, 5.74) is 1.35. The van der Waals surface area contributed by atoms with Crippen LogP contribution in [0.2, 0.25) is 0 Å². The van der Waals surface area contributed by atoms with E-state index in [1.165, 1.54) is 0 Å². The van der Waals surface area contributed by atoms with Gasteiger partial charge in [0, 0.05) is 11.1 Å². The molecule has 0 spiro atoms. The number of amides is 1. The molecule has 3 rings (SSSR count). The smallest absolute Gasteiger partial charge is 0.307 e. The first-order valence-corrected chi connectivity index (χ1v) is 8.80. The maximum absolute atomic E-state index is 12.8. The van der Waals surface area contributed by atoms with E-state index >= 15 is 0 Å². The van der Waals surface area contributed by atoms with E-state index in [1.54, 1.807) is 48.5 Å². The van der Waals surface area contributed by atoms with Gasteiger partial charge in [0.1, 0.15) is 0 Å². The number of anilines is 1. The van der Waals surface area contributed by atoms with E-state index in [1.807, 2.05) is 6.07 Å². The lowest BCUT2D eigenvalue weighted by Crippen LogP contribution is -2.36. The summed E-state index contributed by atoms with van der Waals surface area (Å²) in [6, 6.07) is 15.7. The summed E-state index contributed by atoms with van der Waals surface area (Å²) < 4.78 is 0. The van der Waals surface area contributed by atoms with Crippen molar-refractivity contribution < 1.29 is 19.5 Å². The van der Waals surface area contributed by atoms with Crippen molar-refractivity contribution in [2.75, 3.05) is 5.32 Å². The van der Waals surface area contributed by atoms with Crippen LogP contribution >= 0.6 is 0 Å². The molecule has 0 heterocycles. The van der Waals surface area contributed by atoms with E-state index in [4.69, 9.17) is 0 Å². The third-order valence-corrected chi connectivity index (χ3v) is 4.89. The normalized spacial score (nSPS) is 19.5. The third kappa shape index (κ3) is 3.82. The summed E-state index contributed by atoms with van der Waals surface area (Å²) in [5, 5.41) is 12.2. The maximum Gasteiger partial charge on any atom is 0.307 e. The molecule has 0 radical (unpaired) electrons. The highest BCUT2D eigenvalue weighted by Gasteiger charge is 2.36. The number of hydrogen-bond acceptors (Lipinski definition) is 3. The van der Waals surface area contributed by atoms with Crippen molar-refractivity contribution in [1.82, 2.24) is 0 Å². The summed E-state index contributed by atoms with van der Waals surface area (Å²) in [6.07, 6.45) is 2.73. The highest BCUT2D eigenvalue weighted by Crippen LogP contribution is 2.32. The molecule has 1 amide bonds. The van der Waals surface area contributed by atoms with Gasteiger partial charge in [0.15, 0.2) is 5.78 Å². The van der Waals surface area contributed by atoms with Gasteiger partial charge in [-0.15, -0.1) is 0 Å². The van der Waals surface area contributed by atoms with Crippen molar-refractivity contribution in [1.29, 1.82) is 0 Å². The first-order valence-electron chi connectivity index (χ1n) is 8.80. The van der Waals surface area contributed by atoms with Crippen molar-refractivity contribution in [3.05, 3.63) is 65.7 Å². The van der Waals surface area contributed by atoms with Crippen LogP contribution in [0.1, 0.15) is 41.6 Å². The largest absolute Gasteiger partial charge is 0.481 e. The monoisotopic (exact) mass is 351 g/mol. The van der Waals surface area contributed by atoms with Gasteiger partial charge in [-0.3, -0.25) is 14.4 Å². The lowest BCUT2D eigenvalue weighted by atomic mass is 9.78. The molecule has 2 N–H and O–H groups in total. The average molecular weight is 351 g/mol. The SMILES string of the molecule is O=C(c1ccccc1)c1ccccc1NC(=O)C1CCCCC1C(=O)O. The number of para-hydroxylation sites is 1. The van der Waals surface area contributed by atoms with Gasteiger partial charge in [-0.25, -0.2) is 0 Å². The Hall–Kier alpha value is -2.95. The summed E-state index contributed by atoms with van der Waals surface area (Å²) in [6.45, 7) is 0. The van der Waals surface area contributed by atoms with Crippen LogP contribution in [0.3, 0.4) is 0 Å². The molecule has 2 aromatic rings. The number of benzene rings is 2. The number of carboxylic acids is 1. The molecule has 2 atom stereocenters. The molecular formula is C21H21NO4. The second kappa shape index (κ2) is 7.95. The van der Waals surface area contributed by atoms with Gasteiger partial charge >= 0.3 is 5.97 Å². The average Bonchev–Trinajstić information content (AvgIpc) is 2.68. The van der Waals surface area contributed by atoms with E-state index in [0.717, 1.165) is 12.8 Å². The second-order valence-corrected chi connectivity index (χ2v) is 6.57. The highest BCUT2D eigenvalue weighted by molar-refractivity contribution is 6.14. The van der Waals surface area contributed by atoms with Crippen LogP contribution in [-0.4, -0.2) is 22.8 Å². The molecule has 0 aliphatic heterocycles. The minimum atomic E-state index is -0.932. The Bertz CT molecular complexity index is 816. The van der Waals surface area contributed by atoms with E-state index in [-0.39, 0.29) is 11.7 Å². The Morgan fingerprint density at radius 2 is 1.46 bits per heavy atom. The molecule has 2 unspecified atom stereocenters. The number of hydrogen-bond donors (Lipinski definition) is 2. The van der Waals surface area contributed by atoms with Crippen LogP contribution in [0, 0.1) is 11.8 Å². The van der Waals surface area contributed by atoms with E-state index in [0.29, 0.717) is 29.7 Å². The topological polar surface area (TPSA) is 83.5 Å². The van der Waals surface area contributed by atoms with Crippen LogP contribution in [0.15, 0.2) is 54.6 Å². The quantitative estimate of drug-likeness (QED) is 0.804. The Balaban J connectivity index is 1.83. The van der Waals surface area contributed by atoms with Crippen molar-refractivity contribution >= 4 is 23.3 Å². The molecule has 26 heavy (non-hydrogen) atoms. The molecule has 1 saturated carbocycles. The summed E-state index contributed by atoms with van der Waals surface area (Å²) in [7, 11) is 0. The molecule has 134 valence electrons. The van der Waals surface area contributed by atoms with E-state index in [9.17, 15) is 19.5 Å². The molecule has 1 fully saturated rings. The minimum Gasteiger partial charge on any atom is -0.481 e. The van der Waals surface area contributed by atoms with E-state index in [2.05, 4.69) is 5.32 Å². The van der Waals surface area contributed by atoms with Gasteiger partial charge in [0.2, 0.25) is 5.91 Å². The number of carbonyl (C=O) groups excluding carboxylic acids is 2. The molecular weight excluding hydrogens is 330 g/mol. The highest BCUT2D eigenvalue weighted by atomic mass is 16.4. The van der Waals surface area contributed by atoms with Crippen LogP contribution in [0.25, 0.3) is 0 Å². The number of carbonyl (C=O) groups is 3. The number of nitrogens with one attached hydrogen (secondary N) is 1. The zero-order valence-corrected chi connectivity index (χ0v) is 14.4. The Morgan fingerprint density at radius 1 is 0.846 bits per heavy atom. The molecule has 0 aromatic heterocycles. The van der Waals surface area contributed by atoms with Crippen LogP contribution in [-0.2, 0) is 9.59 Å². The van der Waals surface area contributed by atoms with Crippen LogP contribution in [0.4, 0.5) is 5.69 Å². The van der Waals surface area contributed by atoms with E-state index < -0.39 is 17.8 Å². The third-order valence-electron chi connectivity index (χ3n) is 4.89. The fraction of sp³-hybridized carbons (Fsp3) is 0.286. The minimum absolute atomic E-state index is 0.181. The van der Waals surface area contributed by atoms with Gasteiger partial charge in [0.25, 0.3) is 0 Å². The molecule has 5 nitrogen and oxygen atoms in total. The molecule has 0 saturated heterocycles. The zero-order chi connectivity index (χ0) is 18.5. The van der Waals surface area contributed by atoms with Gasteiger partial charge in [-0.2, -0.15) is 0 Å². The fourth-order valence-corrected chi connectivity index (χ4v) is 3.50. The Morgan fingerprint density at radius 3 is 2.15 bits per heavy atom. The zero-order valence-electron chi connectivity index (χ0n) is 14.4. The van der Waals surface area contributed by atoms with Crippen LogP contribution in [0.5, 0.6) is 0 Å². The van der Waals surface area contributed by atoms with Crippen molar-refractivity contribution in [2.24, 2.45) is 11.8 Å². The van der Waals surface area contributed by atoms with Crippen LogP contribution < -0.4 is 5.32 Å². The van der Waals surface area contributed by atoms with Gasteiger partial charge < -0.3 is 10.4 Å². The second-order valence-electron chi connectivity index (χ2n) is 6.57. The standard InChI is InChI=1S/C21H21NO4/c23-19(14-8-2-1-3-9-14)17-12-6-7-13-18(17)22-20(24)15-10-4-5-11-16(15)21(25)26/h1-3,6-9,12-13,15-16H,4-5,10-11H2,(H,22,24)(H,25,26). The molecule has 2 aromatic carbocycles.